The minimum Gasteiger partial charge on any atom is -0.493 e. The number of nitrogens with one attached hydrogen (secondary N) is 2. The molecule has 154 valence electrons. The number of ether oxygens (including phenoxy) is 3. The van der Waals surface area contributed by atoms with Crippen LogP contribution in [-0.4, -0.2) is 66.7 Å². The molecule has 0 aliphatic rings. The molecule has 0 saturated carbocycles. The van der Waals surface area contributed by atoms with E-state index in [0.717, 1.165) is 5.39 Å². The van der Waals surface area contributed by atoms with Crippen LogP contribution in [0, 0.1) is 0 Å². The number of aromatic nitrogens is 4. The van der Waals surface area contributed by atoms with Crippen LogP contribution in [-0.2, 0) is 11.3 Å². The lowest BCUT2D eigenvalue weighted by molar-refractivity contribution is 0.0948. The number of nitrogens with zero attached hydrogens (tertiary/aromatic N) is 4. The summed E-state index contributed by atoms with van der Waals surface area (Å²) in [5.74, 6) is 1.34. The van der Waals surface area contributed by atoms with Gasteiger partial charge in [0, 0.05) is 20.2 Å². The minimum atomic E-state index is -0.256. The first-order valence-electron chi connectivity index (χ1n) is 9.08. The highest BCUT2D eigenvalue weighted by atomic mass is 16.5. The smallest absolute Gasteiger partial charge is 0.255 e. The molecule has 3 rings (SSSR count). The number of para-hydroxylation sites is 1. The third-order valence-corrected chi connectivity index (χ3v) is 4.29. The molecule has 10 heteroatoms. The number of hydrogen-bond acceptors (Lipinski definition) is 8. The van der Waals surface area contributed by atoms with E-state index in [1.54, 1.807) is 36.2 Å². The van der Waals surface area contributed by atoms with E-state index in [0.29, 0.717) is 54.8 Å². The summed E-state index contributed by atoms with van der Waals surface area (Å²) in [6.45, 7) is 2.02. The molecule has 0 atom stereocenters. The predicted molar refractivity (Wildman–Crippen MR) is 108 cm³/mol. The predicted octanol–water partition coefficient (Wildman–Crippen LogP) is 1.33. The van der Waals surface area contributed by atoms with Gasteiger partial charge in [-0.15, -0.1) is 0 Å². The molecule has 0 spiro atoms. The first-order valence-corrected chi connectivity index (χ1v) is 9.08. The Hall–Kier alpha value is -3.40. The molecule has 2 aromatic heterocycles. The maximum absolute atomic E-state index is 12.6. The topological polar surface area (TPSA) is 112 Å². The highest BCUT2D eigenvalue weighted by Gasteiger charge is 2.16. The normalized spacial score (nSPS) is 10.7. The number of fused-ring (bicyclic) bond motifs is 1. The molecule has 1 amide bonds. The van der Waals surface area contributed by atoms with E-state index in [1.807, 2.05) is 0 Å². The molecule has 0 fully saturated rings. The molecular weight excluding hydrogens is 376 g/mol. The van der Waals surface area contributed by atoms with Crippen molar-refractivity contribution in [3.8, 4) is 11.5 Å². The number of amides is 1. The van der Waals surface area contributed by atoms with Crippen molar-refractivity contribution in [2.75, 3.05) is 46.3 Å². The molecule has 0 radical (unpaired) electrons. The summed E-state index contributed by atoms with van der Waals surface area (Å²) in [6.07, 6.45) is 3.19. The summed E-state index contributed by atoms with van der Waals surface area (Å²) in [4.78, 5) is 21.1. The number of benzene rings is 1. The number of hydrogen-bond donors (Lipinski definition) is 2. The zero-order valence-electron chi connectivity index (χ0n) is 16.6. The zero-order valence-corrected chi connectivity index (χ0v) is 16.6. The van der Waals surface area contributed by atoms with Crippen molar-refractivity contribution < 1.29 is 19.0 Å². The van der Waals surface area contributed by atoms with Gasteiger partial charge >= 0.3 is 0 Å². The summed E-state index contributed by atoms with van der Waals surface area (Å²) in [7, 11) is 4.68. The van der Waals surface area contributed by atoms with Crippen molar-refractivity contribution in [3.05, 3.63) is 36.3 Å². The molecule has 0 bridgehead atoms. The quantitative estimate of drug-likeness (QED) is 0.490. The van der Waals surface area contributed by atoms with Gasteiger partial charge in [-0.1, -0.05) is 6.07 Å². The fourth-order valence-corrected chi connectivity index (χ4v) is 2.91. The van der Waals surface area contributed by atoms with E-state index >= 15 is 0 Å². The van der Waals surface area contributed by atoms with Crippen LogP contribution in [0.2, 0.25) is 0 Å². The summed E-state index contributed by atoms with van der Waals surface area (Å²) in [5, 5.41) is 11.2. The third-order valence-electron chi connectivity index (χ3n) is 4.29. The Kier molecular flexibility index (Phi) is 6.80. The van der Waals surface area contributed by atoms with Crippen molar-refractivity contribution in [2.24, 2.45) is 0 Å². The number of anilines is 1. The van der Waals surface area contributed by atoms with Crippen LogP contribution >= 0.6 is 0 Å². The summed E-state index contributed by atoms with van der Waals surface area (Å²) < 4.78 is 17.3. The van der Waals surface area contributed by atoms with Gasteiger partial charge in [-0.25, -0.2) is 14.6 Å². The van der Waals surface area contributed by atoms with Gasteiger partial charge in [-0.2, -0.15) is 5.10 Å². The second-order valence-electron chi connectivity index (χ2n) is 6.04. The SMILES string of the molecule is COCCNc1ncnc2c1cnn2CCNC(=O)c1cccc(OC)c1OC. The van der Waals surface area contributed by atoms with Crippen molar-refractivity contribution in [2.45, 2.75) is 6.54 Å². The van der Waals surface area contributed by atoms with Crippen LogP contribution in [0.15, 0.2) is 30.7 Å². The maximum atomic E-state index is 12.6. The molecular formula is C19H24N6O4. The molecule has 0 aliphatic carbocycles. The highest BCUT2D eigenvalue weighted by molar-refractivity contribution is 5.97. The summed E-state index contributed by atoms with van der Waals surface area (Å²) in [6, 6.07) is 5.17. The molecule has 0 saturated heterocycles. The van der Waals surface area contributed by atoms with Gasteiger partial charge in [0.25, 0.3) is 5.91 Å². The van der Waals surface area contributed by atoms with E-state index in [4.69, 9.17) is 14.2 Å². The minimum absolute atomic E-state index is 0.256. The first-order chi connectivity index (χ1) is 14.2. The third kappa shape index (κ3) is 4.54. The van der Waals surface area contributed by atoms with Crippen LogP contribution in [0.25, 0.3) is 11.0 Å². The highest BCUT2D eigenvalue weighted by Crippen LogP contribution is 2.30. The maximum Gasteiger partial charge on any atom is 0.255 e. The Morgan fingerprint density at radius 2 is 2.00 bits per heavy atom. The number of rotatable bonds is 10. The van der Waals surface area contributed by atoms with Crippen molar-refractivity contribution >= 4 is 22.8 Å². The van der Waals surface area contributed by atoms with Crippen LogP contribution in [0.1, 0.15) is 10.4 Å². The molecule has 10 nitrogen and oxygen atoms in total. The molecule has 2 N–H and O–H groups in total. The van der Waals surface area contributed by atoms with Crippen molar-refractivity contribution in [3.63, 3.8) is 0 Å². The van der Waals surface area contributed by atoms with E-state index in [-0.39, 0.29) is 5.91 Å². The fourth-order valence-electron chi connectivity index (χ4n) is 2.91. The molecule has 2 heterocycles. The van der Waals surface area contributed by atoms with Crippen LogP contribution in [0.3, 0.4) is 0 Å². The molecule has 29 heavy (non-hydrogen) atoms. The lowest BCUT2D eigenvalue weighted by atomic mass is 10.1. The van der Waals surface area contributed by atoms with Crippen molar-refractivity contribution in [1.29, 1.82) is 0 Å². The Balaban J connectivity index is 1.66. The molecule has 0 aliphatic heterocycles. The van der Waals surface area contributed by atoms with E-state index < -0.39 is 0 Å². The number of carbonyl (C=O) groups excluding carboxylic acids is 1. The van der Waals surface area contributed by atoms with Gasteiger partial charge in [0.15, 0.2) is 17.1 Å². The van der Waals surface area contributed by atoms with Gasteiger partial charge in [-0.05, 0) is 12.1 Å². The van der Waals surface area contributed by atoms with Gasteiger partial charge in [0.1, 0.15) is 12.1 Å². The first kappa shape index (κ1) is 20.3. The number of methoxy groups -OCH3 is 3. The lowest BCUT2D eigenvalue weighted by Gasteiger charge is -2.12. The fraction of sp³-hybridized carbons (Fsp3) is 0.368. The van der Waals surface area contributed by atoms with E-state index in [1.165, 1.54) is 20.5 Å². The molecule has 1 aromatic carbocycles. The van der Waals surface area contributed by atoms with Gasteiger partial charge in [0.2, 0.25) is 0 Å². The van der Waals surface area contributed by atoms with E-state index in [2.05, 4.69) is 25.7 Å². The van der Waals surface area contributed by atoms with E-state index in [9.17, 15) is 4.79 Å². The van der Waals surface area contributed by atoms with Gasteiger partial charge in [-0.3, -0.25) is 4.79 Å². The summed E-state index contributed by atoms with van der Waals surface area (Å²) in [5.41, 5.74) is 1.09. The second kappa shape index (κ2) is 9.69. The molecule has 0 unspecified atom stereocenters. The second-order valence-corrected chi connectivity index (χ2v) is 6.04. The summed E-state index contributed by atoms with van der Waals surface area (Å²) >= 11 is 0. The average Bonchev–Trinajstić information content (AvgIpc) is 3.17. The Morgan fingerprint density at radius 3 is 2.76 bits per heavy atom. The molecule has 3 aromatic rings. The number of carbonyl (C=O) groups is 1. The van der Waals surface area contributed by atoms with Gasteiger partial charge < -0.3 is 24.8 Å². The standard InChI is InChI=1S/C19H24N6O4/c1-27-10-8-20-17-14-11-24-25(18(14)23-12-22-17)9-7-21-19(26)13-5-4-6-15(28-2)16(13)29-3/h4-6,11-12H,7-10H2,1-3H3,(H,21,26)(H,20,22,23). The van der Waals surface area contributed by atoms with Crippen molar-refractivity contribution in [1.82, 2.24) is 25.1 Å². The lowest BCUT2D eigenvalue weighted by Crippen LogP contribution is -2.28. The monoisotopic (exact) mass is 400 g/mol. The van der Waals surface area contributed by atoms with Crippen LogP contribution < -0.4 is 20.1 Å². The van der Waals surface area contributed by atoms with Gasteiger partial charge in [0.05, 0.1) is 44.5 Å². The Bertz CT molecular complexity index is 974. The zero-order chi connectivity index (χ0) is 20.6. The Labute approximate surface area is 168 Å². The van der Waals surface area contributed by atoms with Crippen LogP contribution in [0.5, 0.6) is 11.5 Å². The average molecular weight is 400 g/mol. The van der Waals surface area contributed by atoms with Crippen LogP contribution in [0.4, 0.5) is 5.82 Å². The largest absolute Gasteiger partial charge is 0.493 e. The Morgan fingerprint density at radius 1 is 1.14 bits per heavy atom.